The maximum atomic E-state index is 12.9. The van der Waals surface area contributed by atoms with Gasteiger partial charge >= 0.3 is 6.09 Å². The molecule has 1 N–H and O–H groups in total. The third-order valence-corrected chi connectivity index (χ3v) is 5.56. The van der Waals surface area contributed by atoms with Gasteiger partial charge in [0, 0.05) is 32.7 Å². The quantitative estimate of drug-likeness (QED) is 0.759. The zero-order valence-electron chi connectivity index (χ0n) is 16.6. The van der Waals surface area contributed by atoms with Crippen molar-refractivity contribution in [2.45, 2.75) is 45.2 Å². The van der Waals surface area contributed by atoms with Crippen LogP contribution in [-0.2, 0) is 20.9 Å². The first-order valence-corrected chi connectivity index (χ1v) is 9.98. The van der Waals surface area contributed by atoms with Crippen molar-refractivity contribution >= 4 is 17.9 Å². The predicted molar refractivity (Wildman–Crippen MR) is 104 cm³/mol. The van der Waals surface area contributed by atoms with Crippen molar-refractivity contribution in [3.8, 4) is 0 Å². The lowest BCUT2D eigenvalue weighted by atomic mass is 10.00. The molecule has 0 spiro atoms. The summed E-state index contributed by atoms with van der Waals surface area (Å²) in [5, 5.41) is 3.05. The number of hydrogen-bond donors (Lipinski definition) is 1. The van der Waals surface area contributed by atoms with Gasteiger partial charge in [-0.3, -0.25) is 9.59 Å². The Kier molecular flexibility index (Phi) is 6.21. The lowest BCUT2D eigenvalue weighted by Crippen LogP contribution is -2.51. The Morgan fingerprint density at radius 2 is 1.82 bits per heavy atom. The van der Waals surface area contributed by atoms with E-state index in [2.05, 4.69) is 5.32 Å². The molecule has 1 aliphatic heterocycles. The molecule has 0 unspecified atom stereocenters. The van der Waals surface area contributed by atoms with Gasteiger partial charge in [-0.15, -0.1) is 0 Å². The Balaban J connectivity index is 1.51. The molecule has 1 saturated carbocycles. The molecule has 7 nitrogen and oxygen atoms in total. The van der Waals surface area contributed by atoms with E-state index in [-0.39, 0.29) is 23.9 Å². The Morgan fingerprint density at radius 3 is 2.39 bits per heavy atom. The van der Waals surface area contributed by atoms with Crippen molar-refractivity contribution in [1.82, 2.24) is 15.1 Å². The van der Waals surface area contributed by atoms with Crippen molar-refractivity contribution in [1.29, 1.82) is 0 Å². The number of piperidine rings is 1. The number of benzene rings is 1. The van der Waals surface area contributed by atoms with Crippen LogP contribution in [0.15, 0.2) is 30.3 Å². The SMILES string of the molecule is CCOC(=O)N1CCC(NC(=O)C2(C(=O)N(C)Cc3ccccc3)CC2)CC1. The van der Waals surface area contributed by atoms with Gasteiger partial charge in [-0.1, -0.05) is 30.3 Å². The number of amides is 3. The number of carbonyl (C=O) groups is 3. The lowest BCUT2D eigenvalue weighted by molar-refractivity contribution is -0.144. The van der Waals surface area contributed by atoms with Crippen molar-refractivity contribution in [2.75, 3.05) is 26.7 Å². The first kappa shape index (κ1) is 20.2. The molecule has 28 heavy (non-hydrogen) atoms. The van der Waals surface area contributed by atoms with Crippen LogP contribution < -0.4 is 5.32 Å². The summed E-state index contributed by atoms with van der Waals surface area (Å²) < 4.78 is 5.02. The Morgan fingerprint density at radius 1 is 1.18 bits per heavy atom. The van der Waals surface area contributed by atoms with Gasteiger partial charge < -0.3 is 19.9 Å². The van der Waals surface area contributed by atoms with Crippen LogP contribution >= 0.6 is 0 Å². The number of hydrogen-bond acceptors (Lipinski definition) is 4. The molecular formula is C21H29N3O4. The van der Waals surface area contributed by atoms with Gasteiger partial charge in [-0.05, 0) is 38.2 Å². The fraction of sp³-hybridized carbons (Fsp3) is 0.571. The van der Waals surface area contributed by atoms with Crippen LogP contribution in [0.3, 0.4) is 0 Å². The van der Waals surface area contributed by atoms with Crippen molar-refractivity contribution < 1.29 is 19.1 Å². The molecule has 0 bridgehead atoms. The van der Waals surface area contributed by atoms with Crippen LogP contribution in [-0.4, -0.2) is 60.5 Å². The summed E-state index contributed by atoms with van der Waals surface area (Å²) in [6.07, 6.45) is 2.24. The molecule has 1 aromatic rings. The molecule has 2 fully saturated rings. The van der Waals surface area contributed by atoms with Gasteiger partial charge in [0.25, 0.3) is 0 Å². The predicted octanol–water partition coefficient (Wildman–Crippen LogP) is 2.16. The summed E-state index contributed by atoms with van der Waals surface area (Å²) in [6.45, 7) is 3.74. The summed E-state index contributed by atoms with van der Waals surface area (Å²) in [4.78, 5) is 40.9. The minimum atomic E-state index is -0.915. The number of rotatable bonds is 6. The average molecular weight is 387 g/mol. The number of carbonyl (C=O) groups excluding carboxylic acids is 3. The van der Waals surface area contributed by atoms with Gasteiger partial charge in [-0.2, -0.15) is 0 Å². The first-order chi connectivity index (χ1) is 13.5. The van der Waals surface area contributed by atoms with Crippen molar-refractivity contribution in [2.24, 2.45) is 5.41 Å². The highest BCUT2D eigenvalue weighted by Gasteiger charge is 2.57. The summed E-state index contributed by atoms with van der Waals surface area (Å²) in [7, 11) is 1.75. The molecule has 0 radical (unpaired) electrons. The van der Waals surface area contributed by atoms with Crippen molar-refractivity contribution in [3.05, 3.63) is 35.9 Å². The highest BCUT2D eigenvalue weighted by atomic mass is 16.6. The molecular weight excluding hydrogens is 358 g/mol. The lowest BCUT2D eigenvalue weighted by Gasteiger charge is -2.32. The maximum Gasteiger partial charge on any atom is 0.409 e. The van der Waals surface area contributed by atoms with Crippen LogP contribution in [0.2, 0.25) is 0 Å². The number of nitrogens with one attached hydrogen (secondary N) is 1. The zero-order chi connectivity index (χ0) is 20.1. The van der Waals surface area contributed by atoms with Crippen LogP contribution in [0.1, 0.15) is 38.2 Å². The number of ether oxygens (including phenoxy) is 1. The van der Waals surface area contributed by atoms with E-state index in [1.165, 1.54) is 0 Å². The first-order valence-electron chi connectivity index (χ1n) is 9.98. The Labute approximate surface area is 166 Å². The Bertz CT molecular complexity index is 710. The second kappa shape index (κ2) is 8.63. The zero-order valence-corrected chi connectivity index (χ0v) is 16.6. The third-order valence-electron chi connectivity index (χ3n) is 5.56. The van der Waals surface area contributed by atoms with Gasteiger partial charge in [0.2, 0.25) is 11.8 Å². The fourth-order valence-electron chi connectivity index (χ4n) is 3.70. The van der Waals surface area contributed by atoms with E-state index in [0.717, 1.165) is 5.56 Å². The minimum Gasteiger partial charge on any atom is -0.450 e. The molecule has 1 aliphatic carbocycles. The van der Waals surface area contributed by atoms with Gasteiger partial charge in [0.05, 0.1) is 6.61 Å². The van der Waals surface area contributed by atoms with E-state index in [0.29, 0.717) is 51.9 Å². The van der Waals surface area contributed by atoms with Crippen molar-refractivity contribution in [3.63, 3.8) is 0 Å². The summed E-state index contributed by atoms with van der Waals surface area (Å²) in [5.41, 5.74) is 0.128. The summed E-state index contributed by atoms with van der Waals surface area (Å²) in [5.74, 6) is -0.287. The van der Waals surface area contributed by atoms with Crippen LogP contribution in [0, 0.1) is 5.41 Å². The second-order valence-corrected chi connectivity index (χ2v) is 7.66. The fourth-order valence-corrected chi connectivity index (χ4v) is 3.70. The van der Waals surface area contributed by atoms with Gasteiger partial charge in [0.15, 0.2) is 0 Å². The minimum absolute atomic E-state index is 0.0112. The molecule has 1 saturated heterocycles. The maximum absolute atomic E-state index is 12.9. The highest BCUT2D eigenvalue weighted by Crippen LogP contribution is 2.47. The molecule has 0 atom stereocenters. The van der Waals surface area contributed by atoms with Gasteiger partial charge in [0.1, 0.15) is 5.41 Å². The van der Waals surface area contributed by atoms with E-state index in [9.17, 15) is 14.4 Å². The van der Waals surface area contributed by atoms with E-state index in [1.807, 2.05) is 30.3 Å². The average Bonchev–Trinajstić information content (AvgIpc) is 3.51. The molecule has 152 valence electrons. The molecule has 1 aromatic carbocycles. The van der Waals surface area contributed by atoms with E-state index < -0.39 is 5.41 Å². The normalized spacial score (nSPS) is 18.3. The molecule has 7 heteroatoms. The highest BCUT2D eigenvalue weighted by molar-refractivity contribution is 6.07. The van der Waals surface area contributed by atoms with Gasteiger partial charge in [-0.25, -0.2) is 4.79 Å². The van der Waals surface area contributed by atoms with Crippen LogP contribution in [0.5, 0.6) is 0 Å². The topological polar surface area (TPSA) is 79.0 Å². The standard InChI is InChI=1S/C21H29N3O4/c1-3-28-20(27)24-13-9-17(10-14-24)22-18(25)21(11-12-21)19(26)23(2)15-16-7-5-4-6-8-16/h4-8,17H,3,9-15H2,1-2H3,(H,22,25). The third kappa shape index (κ3) is 4.46. The molecule has 1 heterocycles. The number of nitrogens with zero attached hydrogens (tertiary/aromatic N) is 2. The number of likely N-dealkylation sites (tertiary alicyclic amines) is 1. The van der Waals surface area contributed by atoms with E-state index >= 15 is 0 Å². The smallest absolute Gasteiger partial charge is 0.409 e. The van der Waals surface area contributed by atoms with E-state index in [1.54, 1.807) is 23.8 Å². The monoisotopic (exact) mass is 387 g/mol. The van der Waals surface area contributed by atoms with Crippen LogP contribution in [0.4, 0.5) is 4.79 Å². The second-order valence-electron chi connectivity index (χ2n) is 7.66. The molecule has 0 aromatic heterocycles. The molecule has 3 rings (SSSR count). The summed E-state index contributed by atoms with van der Waals surface area (Å²) in [6, 6.07) is 9.75. The largest absolute Gasteiger partial charge is 0.450 e. The summed E-state index contributed by atoms with van der Waals surface area (Å²) >= 11 is 0. The Hall–Kier alpha value is -2.57. The van der Waals surface area contributed by atoms with E-state index in [4.69, 9.17) is 4.74 Å². The molecule has 2 aliphatic rings. The van der Waals surface area contributed by atoms with Crippen LogP contribution in [0.25, 0.3) is 0 Å². The molecule has 3 amide bonds.